The number of hydrazone groups is 1. The highest BCUT2D eigenvalue weighted by Crippen LogP contribution is 2.29. The van der Waals surface area contributed by atoms with Gasteiger partial charge in [-0.2, -0.15) is 5.10 Å². The SMILES string of the molecule is CCOc1cccc(/C=N\NC(=O)c2ccc(C)cc2)c1OC. The molecule has 1 N–H and O–H groups in total. The summed E-state index contributed by atoms with van der Waals surface area (Å²) in [6, 6.07) is 12.8. The van der Waals surface area contributed by atoms with Crippen LogP contribution < -0.4 is 14.9 Å². The van der Waals surface area contributed by atoms with Crippen molar-refractivity contribution in [1.82, 2.24) is 5.43 Å². The standard InChI is InChI=1S/C18H20N2O3/c1-4-23-16-7-5-6-15(17(16)22-3)12-19-20-18(21)14-10-8-13(2)9-11-14/h5-12H,4H2,1-3H3,(H,20,21)/b19-12-. The van der Waals surface area contributed by atoms with Crippen LogP contribution in [0.4, 0.5) is 0 Å². The monoisotopic (exact) mass is 312 g/mol. The molecule has 0 aliphatic heterocycles. The average molecular weight is 312 g/mol. The molecule has 0 aliphatic carbocycles. The molecule has 0 saturated heterocycles. The third kappa shape index (κ3) is 4.32. The second-order valence-corrected chi connectivity index (χ2v) is 4.88. The lowest BCUT2D eigenvalue weighted by molar-refractivity contribution is 0.0955. The molecule has 5 heteroatoms. The number of amides is 1. The first-order chi connectivity index (χ1) is 11.2. The van der Waals surface area contributed by atoms with E-state index in [9.17, 15) is 4.79 Å². The molecular weight excluding hydrogens is 292 g/mol. The van der Waals surface area contributed by atoms with E-state index in [4.69, 9.17) is 9.47 Å². The van der Waals surface area contributed by atoms with Crippen molar-refractivity contribution >= 4 is 12.1 Å². The number of nitrogens with one attached hydrogen (secondary N) is 1. The number of hydrogen-bond donors (Lipinski definition) is 1. The zero-order valence-electron chi connectivity index (χ0n) is 13.5. The molecule has 0 saturated carbocycles. The van der Waals surface area contributed by atoms with Crippen LogP contribution >= 0.6 is 0 Å². The van der Waals surface area contributed by atoms with Gasteiger partial charge in [-0.25, -0.2) is 5.43 Å². The van der Waals surface area contributed by atoms with Gasteiger partial charge in [-0.3, -0.25) is 4.79 Å². The highest BCUT2D eigenvalue weighted by molar-refractivity contribution is 5.95. The summed E-state index contributed by atoms with van der Waals surface area (Å²) in [5.41, 5.74) is 4.89. The van der Waals surface area contributed by atoms with Crippen LogP contribution in [0.3, 0.4) is 0 Å². The van der Waals surface area contributed by atoms with Crippen molar-refractivity contribution in [3.8, 4) is 11.5 Å². The van der Waals surface area contributed by atoms with Crippen molar-refractivity contribution in [2.45, 2.75) is 13.8 Å². The number of nitrogens with zero attached hydrogens (tertiary/aromatic N) is 1. The van der Waals surface area contributed by atoms with Gasteiger partial charge in [0, 0.05) is 11.1 Å². The smallest absolute Gasteiger partial charge is 0.271 e. The predicted octanol–water partition coefficient (Wildman–Crippen LogP) is 3.17. The third-order valence-corrected chi connectivity index (χ3v) is 3.20. The Hall–Kier alpha value is -2.82. The van der Waals surface area contributed by atoms with E-state index < -0.39 is 0 Å². The molecule has 0 unspecified atom stereocenters. The molecular formula is C18H20N2O3. The topological polar surface area (TPSA) is 59.9 Å². The van der Waals surface area contributed by atoms with Crippen molar-refractivity contribution in [2.24, 2.45) is 5.10 Å². The number of rotatable bonds is 6. The summed E-state index contributed by atoms with van der Waals surface area (Å²) in [6.45, 7) is 4.42. The molecule has 0 spiro atoms. The normalized spacial score (nSPS) is 10.6. The van der Waals surface area contributed by atoms with Crippen LogP contribution in [0.5, 0.6) is 11.5 Å². The summed E-state index contributed by atoms with van der Waals surface area (Å²) < 4.78 is 10.9. The van der Waals surface area contributed by atoms with Gasteiger partial charge in [-0.1, -0.05) is 23.8 Å². The van der Waals surface area contributed by atoms with E-state index in [2.05, 4.69) is 10.5 Å². The van der Waals surface area contributed by atoms with Crippen LogP contribution in [-0.2, 0) is 0 Å². The molecule has 2 rings (SSSR count). The maximum atomic E-state index is 12.0. The predicted molar refractivity (Wildman–Crippen MR) is 90.4 cm³/mol. The number of methoxy groups -OCH3 is 1. The maximum Gasteiger partial charge on any atom is 0.271 e. The fraction of sp³-hybridized carbons (Fsp3) is 0.222. The van der Waals surface area contributed by atoms with Crippen LogP contribution in [-0.4, -0.2) is 25.8 Å². The number of carbonyl (C=O) groups is 1. The number of hydrogen-bond acceptors (Lipinski definition) is 4. The van der Waals surface area contributed by atoms with Gasteiger partial charge in [0.05, 0.1) is 19.9 Å². The Morgan fingerprint density at radius 2 is 1.96 bits per heavy atom. The molecule has 0 radical (unpaired) electrons. The van der Waals surface area contributed by atoms with Crippen LogP contribution in [0.2, 0.25) is 0 Å². The summed E-state index contributed by atoms with van der Waals surface area (Å²) in [5, 5.41) is 3.99. The molecule has 2 aromatic rings. The second-order valence-electron chi connectivity index (χ2n) is 4.88. The lowest BCUT2D eigenvalue weighted by Crippen LogP contribution is -2.17. The fourth-order valence-corrected chi connectivity index (χ4v) is 2.05. The summed E-state index contributed by atoms with van der Waals surface area (Å²) >= 11 is 0. The van der Waals surface area contributed by atoms with Crippen molar-refractivity contribution < 1.29 is 14.3 Å². The molecule has 5 nitrogen and oxygen atoms in total. The minimum atomic E-state index is -0.263. The van der Waals surface area contributed by atoms with Crippen LogP contribution in [0, 0.1) is 6.92 Å². The molecule has 0 aliphatic rings. The lowest BCUT2D eigenvalue weighted by Gasteiger charge is -2.11. The van der Waals surface area contributed by atoms with Gasteiger partial charge in [-0.05, 0) is 38.1 Å². The van der Waals surface area contributed by atoms with Gasteiger partial charge in [-0.15, -0.1) is 0 Å². The van der Waals surface area contributed by atoms with Crippen LogP contribution in [0.15, 0.2) is 47.6 Å². The van der Waals surface area contributed by atoms with Gasteiger partial charge >= 0.3 is 0 Å². The van der Waals surface area contributed by atoms with E-state index in [-0.39, 0.29) is 5.91 Å². The van der Waals surface area contributed by atoms with Gasteiger partial charge < -0.3 is 9.47 Å². The van der Waals surface area contributed by atoms with Gasteiger partial charge in [0.25, 0.3) is 5.91 Å². The van der Waals surface area contributed by atoms with Crippen molar-refractivity contribution in [1.29, 1.82) is 0 Å². The first-order valence-corrected chi connectivity index (χ1v) is 7.35. The number of aryl methyl sites for hydroxylation is 1. The van der Waals surface area contributed by atoms with Gasteiger partial charge in [0.1, 0.15) is 0 Å². The van der Waals surface area contributed by atoms with Crippen molar-refractivity contribution in [2.75, 3.05) is 13.7 Å². The molecule has 0 fully saturated rings. The molecule has 0 atom stereocenters. The second kappa shape index (κ2) is 7.98. The van der Waals surface area contributed by atoms with Gasteiger partial charge in [0.2, 0.25) is 0 Å². The molecule has 0 heterocycles. The number of benzene rings is 2. The van der Waals surface area contributed by atoms with E-state index in [0.29, 0.717) is 23.7 Å². The summed E-state index contributed by atoms with van der Waals surface area (Å²) in [4.78, 5) is 12.0. The molecule has 0 aromatic heterocycles. The number of carbonyl (C=O) groups excluding carboxylic acids is 1. The quantitative estimate of drug-likeness (QED) is 0.658. The molecule has 23 heavy (non-hydrogen) atoms. The summed E-state index contributed by atoms with van der Waals surface area (Å²) in [5.74, 6) is 0.965. The Bertz CT molecular complexity index is 694. The Morgan fingerprint density at radius 3 is 2.61 bits per heavy atom. The minimum Gasteiger partial charge on any atom is -0.492 e. The van der Waals surface area contributed by atoms with Crippen LogP contribution in [0.1, 0.15) is 28.4 Å². The minimum absolute atomic E-state index is 0.263. The highest BCUT2D eigenvalue weighted by Gasteiger charge is 2.08. The number of ether oxygens (including phenoxy) is 2. The zero-order chi connectivity index (χ0) is 16.7. The van der Waals surface area contributed by atoms with E-state index in [1.807, 2.05) is 44.2 Å². The van der Waals surface area contributed by atoms with E-state index in [1.54, 1.807) is 19.2 Å². The largest absolute Gasteiger partial charge is 0.492 e. The highest BCUT2D eigenvalue weighted by atomic mass is 16.5. The summed E-state index contributed by atoms with van der Waals surface area (Å²) in [6.07, 6.45) is 1.54. The average Bonchev–Trinajstić information content (AvgIpc) is 2.56. The molecule has 0 bridgehead atoms. The zero-order valence-corrected chi connectivity index (χ0v) is 13.5. The Morgan fingerprint density at radius 1 is 1.22 bits per heavy atom. The van der Waals surface area contributed by atoms with Crippen molar-refractivity contribution in [3.63, 3.8) is 0 Å². The Labute approximate surface area is 135 Å². The fourth-order valence-electron chi connectivity index (χ4n) is 2.05. The molecule has 120 valence electrons. The van der Waals surface area contributed by atoms with Crippen LogP contribution in [0.25, 0.3) is 0 Å². The van der Waals surface area contributed by atoms with E-state index >= 15 is 0 Å². The summed E-state index contributed by atoms with van der Waals surface area (Å²) in [7, 11) is 1.57. The third-order valence-electron chi connectivity index (χ3n) is 3.20. The van der Waals surface area contributed by atoms with E-state index in [0.717, 1.165) is 11.1 Å². The first-order valence-electron chi connectivity index (χ1n) is 7.35. The lowest BCUT2D eigenvalue weighted by atomic mass is 10.1. The maximum absolute atomic E-state index is 12.0. The van der Waals surface area contributed by atoms with Gasteiger partial charge in [0.15, 0.2) is 11.5 Å². The van der Waals surface area contributed by atoms with E-state index in [1.165, 1.54) is 6.21 Å². The molecule has 1 amide bonds. The van der Waals surface area contributed by atoms with Crippen molar-refractivity contribution in [3.05, 3.63) is 59.2 Å². The first kappa shape index (κ1) is 16.5. The Kier molecular flexibility index (Phi) is 5.74. The number of para-hydroxylation sites is 1. The Balaban J connectivity index is 2.09. The molecule has 2 aromatic carbocycles.